The van der Waals surface area contributed by atoms with Gasteiger partial charge in [0.15, 0.2) is 0 Å². The van der Waals surface area contributed by atoms with Crippen molar-refractivity contribution in [1.29, 1.82) is 0 Å². The van der Waals surface area contributed by atoms with Crippen LogP contribution in [0.5, 0.6) is 0 Å². The topological polar surface area (TPSA) is 59.8 Å². The summed E-state index contributed by atoms with van der Waals surface area (Å²) in [6.45, 7) is 6.74. The standard InChI is InChI=1S/C14H20N4OS/c1-10(2)14-17-12(8-20-14)7-16-13(19)6-11(3)18-5-4-15-9-18/h4-5,8-11H,6-7H2,1-3H3,(H,16,19)/t11-/m0/s1. The van der Waals surface area contributed by atoms with Crippen molar-refractivity contribution in [3.8, 4) is 0 Å². The number of hydrogen-bond donors (Lipinski definition) is 1. The molecule has 0 fully saturated rings. The van der Waals surface area contributed by atoms with Gasteiger partial charge >= 0.3 is 0 Å². The quantitative estimate of drug-likeness (QED) is 0.890. The minimum Gasteiger partial charge on any atom is -0.350 e. The highest BCUT2D eigenvalue weighted by atomic mass is 32.1. The molecule has 0 saturated heterocycles. The molecule has 5 nitrogen and oxygen atoms in total. The summed E-state index contributed by atoms with van der Waals surface area (Å²) in [6, 6.07) is 0.110. The van der Waals surface area contributed by atoms with E-state index in [-0.39, 0.29) is 11.9 Å². The zero-order valence-corrected chi connectivity index (χ0v) is 12.9. The first-order valence-electron chi connectivity index (χ1n) is 6.74. The second-order valence-corrected chi connectivity index (χ2v) is 6.06. The third kappa shape index (κ3) is 3.90. The summed E-state index contributed by atoms with van der Waals surface area (Å²) in [5, 5.41) is 6.04. The van der Waals surface area contributed by atoms with Gasteiger partial charge in [-0.1, -0.05) is 13.8 Å². The van der Waals surface area contributed by atoms with Crippen molar-refractivity contribution in [2.75, 3.05) is 0 Å². The van der Waals surface area contributed by atoms with Crippen molar-refractivity contribution >= 4 is 17.2 Å². The van der Waals surface area contributed by atoms with Crippen molar-refractivity contribution in [2.45, 2.75) is 45.7 Å². The van der Waals surface area contributed by atoms with Crippen molar-refractivity contribution < 1.29 is 4.79 Å². The minimum absolute atomic E-state index is 0.0327. The highest BCUT2D eigenvalue weighted by molar-refractivity contribution is 7.09. The van der Waals surface area contributed by atoms with Gasteiger partial charge in [-0.3, -0.25) is 4.79 Å². The molecule has 0 aliphatic heterocycles. The number of nitrogens with one attached hydrogen (secondary N) is 1. The molecule has 0 saturated carbocycles. The molecule has 0 aromatic carbocycles. The van der Waals surface area contributed by atoms with Crippen LogP contribution in [0.2, 0.25) is 0 Å². The number of imidazole rings is 1. The molecule has 0 unspecified atom stereocenters. The molecule has 2 aromatic heterocycles. The maximum absolute atomic E-state index is 11.9. The molecule has 0 radical (unpaired) electrons. The Kier molecular flexibility index (Phi) is 4.89. The molecule has 1 atom stereocenters. The van der Waals surface area contributed by atoms with Crippen LogP contribution in [0.4, 0.5) is 0 Å². The van der Waals surface area contributed by atoms with Gasteiger partial charge in [0.1, 0.15) is 0 Å². The summed E-state index contributed by atoms with van der Waals surface area (Å²) in [4.78, 5) is 20.4. The first kappa shape index (κ1) is 14.7. The molecule has 1 N–H and O–H groups in total. The molecule has 0 bridgehead atoms. The monoisotopic (exact) mass is 292 g/mol. The van der Waals surface area contributed by atoms with E-state index in [4.69, 9.17) is 0 Å². The number of carbonyl (C=O) groups is 1. The average Bonchev–Trinajstić information content (AvgIpc) is 3.07. The van der Waals surface area contributed by atoms with E-state index >= 15 is 0 Å². The van der Waals surface area contributed by atoms with Gasteiger partial charge < -0.3 is 9.88 Å². The van der Waals surface area contributed by atoms with E-state index in [1.165, 1.54) is 0 Å². The molecule has 6 heteroatoms. The van der Waals surface area contributed by atoms with Gasteiger partial charge in [0.05, 0.1) is 23.6 Å². The van der Waals surface area contributed by atoms with E-state index in [2.05, 4.69) is 29.1 Å². The van der Waals surface area contributed by atoms with Crippen LogP contribution in [-0.2, 0) is 11.3 Å². The van der Waals surface area contributed by atoms with Gasteiger partial charge in [0, 0.05) is 36.2 Å². The van der Waals surface area contributed by atoms with E-state index in [1.807, 2.05) is 23.1 Å². The van der Waals surface area contributed by atoms with Crippen LogP contribution in [0, 0.1) is 0 Å². The summed E-state index contributed by atoms with van der Waals surface area (Å²) in [5.41, 5.74) is 0.933. The van der Waals surface area contributed by atoms with Crippen molar-refractivity contribution in [3.05, 3.63) is 34.8 Å². The van der Waals surface area contributed by atoms with E-state index < -0.39 is 0 Å². The van der Waals surface area contributed by atoms with Crippen LogP contribution < -0.4 is 5.32 Å². The lowest BCUT2D eigenvalue weighted by Crippen LogP contribution is -2.25. The molecule has 0 aliphatic carbocycles. The van der Waals surface area contributed by atoms with E-state index in [1.54, 1.807) is 23.9 Å². The van der Waals surface area contributed by atoms with Crippen molar-refractivity contribution in [1.82, 2.24) is 19.9 Å². The number of hydrogen-bond acceptors (Lipinski definition) is 4. The Balaban J connectivity index is 1.80. The predicted octanol–water partition coefficient (Wildman–Crippen LogP) is 2.73. The maximum Gasteiger partial charge on any atom is 0.222 e. The SMILES string of the molecule is CC(C)c1nc(CNC(=O)C[C@H](C)n2ccnc2)cs1. The molecule has 2 aromatic rings. The summed E-state index contributed by atoms with van der Waals surface area (Å²) < 4.78 is 1.93. The smallest absolute Gasteiger partial charge is 0.222 e. The molecular weight excluding hydrogens is 272 g/mol. The largest absolute Gasteiger partial charge is 0.350 e. The number of nitrogens with zero attached hydrogens (tertiary/aromatic N) is 3. The van der Waals surface area contributed by atoms with Crippen LogP contribution in [-0.4, -0.2) is 20.4 Å². The van der Waals surface area contributed by atoms with Gasteiger partial charge in [-0.2, -0.15) is 0 Å². The van der Waals surface area contributed by atoms with E-state index in [9.17, 15) is 4.79 Å². The van der Waals surface area contributed by atoms with Crippen LogP contribution >= 0.6 is 11.3 Å². The molecule has 1 amide bonds. The Hall–Kier alpha value is -1.69. The Morgan fingerprint density at radius 2 is 2.25 bits per heavy atom. The van der Waals surface area contributed by atoms with Crippen LogP contribution in [0.1, 0.15) is 49.9 Å². The highest BCUT2D eigenvalue weighted by Crippen LogP contribution is 2.19. The fourth-order valence-corrected chi connectivity index (χ4v) is 2.67. The number of aromatic nitrogens is 3. The Bertz CT molecular complexity index is 547. The predicted molar refractivity (Wildman–Crippen MR) is 79.6 cm³/mol. The van der Waals surface area contributed by atoms with Crippen LogP contribution in [0.15, 0.2) is 24.1 Å². The van der Waals surface area contributed by atoms with Crippen LogP contribution in [0.25, 0.3) is 0 Å². The second kappa shape index (κ2) is 6.65. The molecule has 0 spiro atoms. The minimum atomic E-state index is 0.0327. The number of amides is 1. The molecule has 2 heterocycles. The lowest BCUT2D eigenvalue weighted by molar-refractivity contribution is -0.121. The van der Waals surface area contributed by atoms with E-state index in [0.717, 1.165) is 10.7 Å². The Morgan fingerprint density at radius 1 is 1.45 bits per heavy atom. The molecule has 20 heavy (non-hydrogen) atoms. The summed E-state index contributed by atoms with van der Waals surface area (Å²) >= 11 is 1.65. The number of thiazole rings is 1. The van der Waals surface area contributed by atoms with Gasteiger partial charge in [-0.25, -0.2) is 9.97 Å². The number of rotatable bonds is 6. The lowest BCUT2D eigenvalue weighted by atomic mass is 10.2. The first-order chi connectivity index (χ1) is 9.56. The summed E-state index contributed by atoms with van der Waals surface area (Å²) in [6.07, 6.45) is 5.76. The Labute approximate surface area is 123 Å². The fourth-order valence-electron chi connectivity index (χ4n) is 1.83. The highest BCUT2D eigenvalue weighted by Gasteiger charge is 2.11. The first-order valence-corrected chi connectivity index (χ1v) is 7.62. The van der Waals surface area contributed by atoms with Gasteiger partial charge in [-0.05, 0) is 6.92 Å². The molecular formula is C14H20N4OS. The third-order valence-corrected chi connectivity index (χ3v) is 4.24. The van der Waals surface area contributed by atoms with Crippen molar-refractivity contribution in [2.24, 2.45) is 0 Å². The Morgan fingerprint density at radius 3 is 2.85 bits per heavy atom. The van der Waals surface area contributed by atoms with Crippen LogP contribution in [0.3, 0.4) is 0 Å². The lowest BCUT2D eigenvalue weighted by Gasteiger charge is -2.12. The van der Waals surface area contributed by atoms with Gasteiger partial charge in [-0.15, -0.1) is 11.3 Å². The van der Waals surface area contributed by atoms with Gasteiger partial charge in [0.25, 0.3) is 0 Å². The van der Waals surface area contributed by atoms with Gasteiger partial charge in [0.2, 0.25) is 5.91 Å². The maximum atomic E-state index is 11.9. The summed E-state index contributed by atoms with van der Waals surface area (Å²) in [5.74, 6) is 0.469. The second-order valence-electron chi connectivity index (χ2n) is 5.17. The zero-order chi connectivity index (χ0) is 14.5. The number of carbonyl (C=O) groups excluding carboxylic acids is 1. The fraction of sp³-hybridized carbons (Fsp3) is 0.500. The summed E-state index contributed by atoms with van der Waals surface area (Å²) in [7, 11) is 0. The zero-order valence-electron chi connectivity index (χ0n) is 12.0. The van der Waals surface area contributed by atoms with Crippen molar-refractivity contribution in [3.63, 3.8) is 0 Å². The van der Waals surface area contributed by atoms with E-state index in [0.29, 0.717) is 18.9 Å². The third-order valence-electron chi connectivity index (χ3n) is 3.04. The molecule has 108 valence electrons. The molecule has 0 aliphatic rings. The normalized spacial score (nSPS) is 12.6. The molecule has 2 rings (SSSR count). The average molecular weight is 292 g/mol.